The third kappa shape index (κ3) is 8.66. The average Bonchev–Trinajstić information content (AvgIpc) is 3.36. The normalized spacial score (nSPS) is 12.0. The van der Waals surface area contributed by atoms with Crippen molar-refractivity contribution in [3.8, 4) is 17.2 Å². The van der Waals surface area contributed by atoms with Crippen LogP contribution < -0.4 is 24.8 Å². The van der Waals surface area contributed by atoms with Crippen LogP contribution in [0, 0.1) is 0 Å². The second-order valence-corrected chi connectivity index (χ2v) is 9.23. The number of fused-ring (bicyclic) bond motifs is 1. The van der Waals surface area contributed by atoms with Crippen molar-refractivity contribution in [3.63, 3.8) is 0 Å². The Bertz CT molecular complexity index is 1470. The fourth-order valence-corrected chi connectivity index (χ4v) is 4.41. The van der Waals surface area contributed by atoms with Gasteiger partial charge in [-0.25, -0.2) is 0 Å². The van der Waals surface area contributed by atoms with Crippen LogP contribution in [0.15, 0.2) is 79.0 Å². The molecule has 11 heteroatoms. The third-order valence-electron chi connectivity index (χ3n) is 6.30. The van der Waals surface area contributed by atoms with Crippen molar-refractivity contribution in [2.75, 3.05) is 20.3 Å². The first-order chi connectivity index (χ1) is 19.7. The van der Waals surface area contributed by atoms with Gasteiger partial charge in [-0.15, -0.1) is 13.2 Å². The van der Waals surface area contributed by atoms with Crippen molar-refractivity contribution in [2.24, 2.45) is 0 Å². The number of alkyl halides is 3. The van der Waals surface area contributed by atoms with Gasteiger partial charge in [-0.05, 0) is 48.2 Å². The SMILES string of the molecule is COc1ccccc1CCC(=O)NC[C@@H](Cc1c[nH]c2ccccc12)NC(=O)COc1ccccc1OC(F)(F)F. The zero-order valence-electron chi connectivity index (χ0n) is 22.3. The fraction of sp³-hybridized carbons (Fsp3) is 0.267. The minimum absolute atomic E-state index is 0.129. The van der Waals surface area contributed by atoms with Crippen molar-refractivity contribution in [3.05, 3.63) is 90.1 Å². The number of carbonyl (C=O) groups excluding carboxylic acids is 2. The van der Waals surface area contributed by atoms with Gasteiger partial charge in [0.25, 0.3) is 5.91 Å². The molecule has 0 unspecified atom stereocenters. The Hall–Kier alpha value is -4.67. The molecule has 0 saturated heterocycles. The van der Waals surface area contributed by atoms with E-state index in [0.29, 0.717) is 18.6 Å². The molecule has 0 fully saturated rings. The van der Waals surface area contributed by atoms with Crippen molar-refractivity contribution in [2.45, 2.75) is 31.7 Å². The van der Waals surface area contributed by atoms with Crippen LogP contribution in [0.5, 0.6) is 17.2 Å². The number of nitrogens with one attached hydrogen (secondary N) is 3. The first-order valence-corrected chi connectivity index (χ1v) is 12.9. The molecule has 0 saturated carbocycles. The number of carbonyl (C=O) groups is 2. The van der Waals surface area contributed by atoms with Crippen molar-refractivity contribution in [1.82, 2.24) is 15.6 Å². The van der Waals surface area contributed by atoms with Crippen LogP contribution in [0.4, 0.5) is 13.2 Å². The monoisotopic (exact) mass is 569 g/mol. The lowest BCUT2D eigenvalue weighted by Crippen LogP contribution is -2.46. The topological polar surface area (TPSA) is 102 Å². The molecule has 0 aliphatic heterocycles. The molecule has 0 aliphatic rings. The summed E-state index contributed by atoms with van der Waals surface area (Å²) >= 11 is 0. The number of aromatic nitrogens is 1. The number of ether oxygens (including phenoxy) is 3. The summed E-state index contributed by atoms with van der Waals surface area (Å²) in [5.74, 6) is -0.848. The number of halogens is 3. The molecular formula is C30H30F3N3O5. The van der Waals surface area contributed by atoms with Gasteiger partial charge in [-0.2, -0.15) is 0 Å². The molecule has 3 aromatic carbocycles. The molecule has 2 amide bonds. The van der Waals surface area contributed by atoms with Crippen molar-refractivity contribution >= 4 is 22.7 Å². The third-order valence-corrected chi connectivity index (χ3v) is 6.30. The van der Waals surface area contributed by atoms with Crippen molar-refractivity contribution < 1.29 is 37.0 Å². The van der Waals surface area contributed by atoms with Gasteiger partial charge in [-0.1, -0.05) is 48.5 Å². The van der Waals surface area contributed by atoms with Gasteiger partial charge in [0.1, 0.15) is 5.75 Å². The number of para-hydroxylation sites is 4. The highest BCUT2D eigenvalue weighted by Gasteiger charge is 2.32. The van der Waals surface area contributed by atoms with Gasteiger partial charge < -0.3 is 29.8 Å². The second-order valence-electron chi connectivity index (χ2n) is 9.23. The minimum atomic E-state index is -4.91. The first-order valence-electron chi connectivity index (χ1n) is 12.9. The van der Waals surface area contributed by atoms with E-state index in [4.69, 9.17) is 9.47 Å². The van der Waals surface area contributed by atoms with Gasteiger partial charge in [0, 0.05) is 30.1 Å². The summed E-state index contributed by atoms with van der Waals surface area (Å²) in [6, 6.07) is 19.8. The lowest BCUT2D eigenvalue weighted by atomic mass is 10.0. The molecule has 41 heavy (non-hydrogen) atoms. The summed E-state index contributed by atoms with van der Waals surface area (Å²) in [5.41, 5.74) is 2.76. The van der Waals surface area contributed by atoms with Crippen LogP contribution in [0.25, 0.3) is 10.9 Å². The van der Waals surface area contributed by atoms with Crippen LogP contribution in [0.3, 0.4) is 0 Å². The van der Waals surface area contributed by atoms with E-state index in [2.05, 4.69) is 20.4 Å². The van der Waals surface area contributed by atoms with Gasteiger partial charge >= 0.3 is 6.36 Å². The largest absolute Gasteiger partial charge is 0.573 e. The number of aromatic amines is 1. The van der Waals surface area contributed by atoms with E-state index in [1.54, 1.807) is 7.11 Å². The van der Waals surface area contributed by atoms with E-state index in [0.717, 1.165) is 28.1 Å². The summed E-state index contributed by atoms with van der Waals surface area (Å²) in [4.78, 5) is 28.7. The van der Waals surface area contributed by atoms with Crippen molar-refractivity contribution in [1.29, 1.82) is 0 Å². The number of amides is 2. The molecule has 0 radical (unpaired) electrons. The molecule has 0 aliphatic carbocycles. The number of H-pyrrole nitrogens is 1. The lowest BCUT2D eigenvalue weighted by molar-refractivity contribution is -0.275. The molecule has 1 atom stereocenters. The standard InChI is InChI=1S/C30H30F3N3O5/c1-39-25-11-5-2-8-20(25)14-15-28(37)35-18-22(16-21-17-34-24-10-4-3-9-23(21)24)36-29(38)19-40-26-12-6-7-13-27(26)41-30(31,32)33/h2-13,17,22,34H,14-16,18-19H2,1H3,(H,35,37)(H,36,38)/t22-/m1/s1. The molecule has 0 spiro atoms. The zero-order chi connectivity index (χ0) is 29.2. The number of hydrogen-bond donors (Lipinski definition) is 3. The molecule has 1 heterocycles. The smallest absolute Gasteiger partial charge is 0.496 e. The van der Waals surface area contributed by atoms with Crippen LogP contribution in [0.1, 0.15) is 17.5 Å². The van der Waals surface area contributed by atoms with E-state index in [1.165, 1.54) is 18.2 Å². The molecule has 8 nitrogen and oxygen atoms in total. The molecule has 4 aromatic rings. The summed E-state index contributed by atoms with van der Waals surface area (Å²) in [6.45, 7) is -0.422. The molecule has 4 rings (SSSR count). The van der Waals surface area contributed by atoms with E-state index in [1.807, 2.05) is 54.7 Å². The van der Waals surface area contributed by atoms with E-state index in [9.17, 15) is 22.8 Å². The Morgan fingerprint density at radius 3 is 2.32 bits per heavy atom. The second kappa shape index (κ2) is 13.6. The average molecular weight is 570 g/mol. The summed E-state index contributed by atoms with van der Waals surface area (Å²) < 4.78 is 52.8. The number of methoxy groups -OCH3 is 1. The maximum atomic E-state index is 12.8. The fourth-order valence-electron chi connectivity index (χ4n) is 4.41. The molecule has 0 bridgehead atoms. The predicted molar refractivity (Wildman–Crippen MR) is 147 cm³/mol. The van der Waals surface area contributed by atoms with E-state index in [-0.39, 0.29) is 24.6 Å². The summed E-state index contributed by atoms with van der Waals surface area (Å²) in [7, 11) is 1.57. The number of rotatable bonds is 13. The molecule has 3 N–H and O–H groups in total. The Kier molecular flexibility index (Phi) is 9.73. The van der Waals surface area contributed by atoms with Crippen LogP contribution in [-0.2, 0) is 22.4 Å². The highest BCUT2D eigenvalue weighted by molar-refractivity contribution is 5.83. The summed E-state index contributed by atoms with van der Waals surface area (Å²) in [5, 5.41) is 6.68. The highest BCUT2D eigenvalue weighted by Crippen LogP contribution is 2.31. The molecular weight excluding hydrogens is 539 g/mol. The molecule has 216 valence electrons. The Morgan fingerprint density at radius 2 is 1.56 bits per heavy atom. The molecule has 1 aromatic heterocycles. The summed E-state index contributed by atoms with van der Waals surface area (Å²) in [6.07, 6.45) is -1.99. The maximum Gasteiger partial charge on any atom is 0.573 e. The van der Waals surface area contributed by atoms with Crippen LogP contribution >= 0.6 is 0 Å². The highest BCUT2D eigenvalue weighted by atomic mass is 19.4. The minimum Gasteiger partial charge on any atom is -0.496 e. The van der Waals surface area contributed by atoms with E-state index >= 15 is 0 Å². The zero-order valence-corrected chi connectivity index (χ0v) is 22.3. The van der Waals surface area contributed by atoms with Gasteiger partial charge in [0.05, 0.1) is 13.2 Å². The quantitative estimate of drug-likeness (QED) is 0.212. The number of aryl methyl sites for hydroxylation is 1. The number of benzene rings is 3. The Labute approximate surface area is 234 Å². The van der Waals surface area contributed by atoms with Crippen LogP contribution in [0.2, 0.25) is 0 Å². The van der Waals surface area contributed by atoms with Gasteiger partial charge in [-0.3, -0.25) is 9.59 Å². The maximum absolute atomic E-state index is 12.8. The lowest BCUT2D eigenvalue weighted by Gasteiger charge is -2.20. The van der Waals surface area contributed by atoms with E-state index < -0.39 is 30.7 Å². The van der Waals surface area contributed by atoms with Gasteiger partial charge in [0.15, 0.2) is 18.1 Å². The van der Waals surface area contributed by atoms with Crippen LogP contribution in [-0.4, -0.2) is 49.5 Å². The first kappa shape index (κ1) is 29.3. The van der Waals surface area contributed by atoms with Gasteiger partial charge in [0.2, 0.25) is 5.91 Å². The predicted octanol–water partition coefficient (Wildman–Crippen LogP) is 4.93. The number of hydrogen-bond acceptors (Lipinski definition) is 5. The Balaban J connectivity index is 1.39. The Morgan fingerprint density at radius 1 is 0.878 bits per heavy atom.